The summed E-state index contributed by atoms with van der Waals surface area (Å²) in [4.78, 5) is 1.46. The van der Waals surface area contributed by atoms with Gasteiger partial charge in [0.15, 0.2) is 0 Å². The molecule has 1 aromatic carbocycles. The number of hydrogen-bond acceptors (Lipinski definition) is 1. The predicted octanol–water partition coefficient (Wildman–Crippen LogP) is 3.97. The Morgan fingerprint density at radius 2 is 1.86 bits per heavy atom. The van der Waals surface area contributed by atoms with Crippen molar-refractivity contribution in [1.29, 1.82) is 0 Å². The zero-order valence-corrected chi connectivity index (χ0v) is 9.17. The largest absolute Gasteiger partial charge is 0.122 e. The van der Waals surface area contributed by atoms with Crippen LogP contribution in [0.3, 0.4) is 0 Å². The lowest BCUT2D eigenvalue weighted by Crippen LogP contribution is -2.11. The summed E-state index contributed by atoms with van der Waals surface area (Å²) in [6, 6.07) is 10.9. The van der Waals surface area contributed by atoms with Gasteiger partial charge in [0.1, 0.15) is 0 Å². The summed E-state index contributed by atoms with van der Waals surface area (Å²) in [6.07, 6.45) is 6.00. The number of benzene rings is 1. The number of rotatable bonds is 2. The summed E-state index contributed by atoms with van der Waals surface area (Å²) in [5.74, 6) is 2.10. The second-order valence-electron chi connectivity index (χ2n) is 4.64. The quantitative estimate of drug-likeness (QED) is 0.702. The first-order valence-corrected chi connectivity index (χ1v) is 6.51. The predicted molar refractivity (Wildman–Crippen MR) is 61.5 cm³/mol. The average Bonchev–Trinajstić information content (AvgIpc) is 2.81. The molecule has 3 unspecified atom stereocenters. The molecule has 3 rings (SSSR count). The van der Waals surface area contributed by atoms with Gasteiger partial charge >= 0.3 is 0 Å². The van der Waals surface area contributed by atoms with E-state index in [9.17, 15) is 0 Å². The molecular formula is C13H16S. The van der Waals surface area contributed by atoms with E-state index >= 15 is 0 Å². The molecule has 2 aliphatic rings. The minimum Gasteiger partial charge on any atom is -0.122 e. The van der Waals surface area contributed by atoms with E-state index in [4.69, 9.17) is 0 Å². The smallest absolute Gasteiger partial charge is 0.0125 e. The van der Waals surface area contributed by atoms with E-state index < -0.39 is 0 Å². The average molecular weight is 204 g/mol. The zero-order chi connectivity index (χ0) is 9.38. The van der Waals surface area contributed by atoms with Crippen LogP contribution in [0.1, 0.15) is 25.7 Å². The number of fused-ring (bicyclic) bond motifs is 2. The maximum atomic E-state index is 2.25. The van der Waals surface area contributed by atoms with E-state index in [1.165, 1.54) is 30.6 Å². The monoisotopic (exact) mass is 204 g/mol. The fourth-order valence-corrected chi connectivity index (χ4v) is 4.48. The van der Waals surface area contributed by atoms with Gasteiger partial charge < -0.3 is 0 Å². The summed E-state index contributed by atoms with van der Waals surface area (Å²) in [5, 5.41) is 0.927. The highest BCUT2D eigenvalue weighted by Gasteiger charge is 2.39. The highest BCUT2D eigenvalue weighted by molar-refractivity contribution is 8.00. The molecule has 0 N–H and O–H groups in total. The first-order chi connectivity index (χ1) is 6.92. The molecule has 0 nitrogen and oxygen atoms in total. The minimum atomic E-state index is 0.927. The first-order valence-electron chi connectivity index (χ1n) is 5.63. The third-order valence-corrected chi connectivity index (χ3v) is 5.13. The molecule has 0 heterocycles. The van der Waals surface area contributed by atoms with Crippen molar-refractivity contribution in [3.05, 3.63) is 30.3 Å². The van der Waals surface area contributed by atoms with Crippen LogP contribution in [0.5, 0.6) is 0 Å². The third kappa shape index (κ3) is 1.58. The Morgan fingerprint density at radius 3 is 2.50 bits per heavy atom. The van der Waals surface area contributed by atoms with Gasteiger partial charge in [-0.15, -0.1) is 11.8 Å². The topological polar surface area (TPSA) is 0 Å². The fraction of sp³-hybridized carbons (Fsp3) is 0.538. The molecule has 14 heavy (non-hydrogen) atoms. The highest BCUT2D eigenvalue weighted by atomic mass is 32.2. The van der Waals surface area contributed by atoms with Crippen molar-refractivity contribution in [2.24, 2.45) is 11.8 Å². The molecule has 2 bridgehead atoms. The summed E-state index contributed by atoms with van der Waals surface area (Å²) >= 11 is 2.11. The van der Waals surface area contributed by atoms with Crippen LogP contribution >= 0.6 is 11.8 Å². The Labute approximate surface area is 90.1 Å². The molecule has 0 aromatic heterocycles. The molecule has 0 radical (unpaired) electrons. The van der Waals surface area contributed by atoms with Gasteiger partial charge in [-0.1, -0.05) is 24.6 Å². The molecule has 1 aromatic rings. The minimum absolute atomic E-state index is 0.927. The lowest BCUT2D eigenvalue weighted by atomic mass is 10.0. The van der Waals surface area contributed by atoms with Gasteiger partial charge in [-0.3, -0.25) is 0 Å². The van der Waals surface area contributed by atoms with Gasteiger partial charge in [-0.2, -0.15) is 0 Å². The van der Waals surface area contributed by atoms with Crippen molar-refractivity contribution in [2.75, 3.05) is 0 Å². The van der Waals surface area contributed by atoms with Gasteiger partial charge in [0.25, 0.3) is 0 Å². The highest BCUT2D eigenvalue weighted by Crippen LogP contribution is 2.50. The van der Waals surface area contributed by atoms with E-state index in [2.05, 4.69) is 42.1 Å². The zero-order valence-electron chi connectivity index (χ0n) is 8.36. The SMILES string of the molecule is c1ccc(SC2CC3CCC2C3)cc1. The normalized spacial score (nSPS) is 35.0. The second kappa shape index (κ2) is 3.62. The van der Waals surface area contributed by atoms with E-state index in [1.54, 1.807) is 0 Å². The fourth-order valence-electron chi connectivity index (χ4n) is 3.00. The van der Waals surface area contributed by atoms with Gasteiger partial charge in [0.2, 0.25) is 0 Å². The number of hydrogen-bond donors (Lipinski definition) is 0. The van der Waals surface area contributed by atoms with Crippen molar-refractivity contribution >= 4 is 11.8 Å². The van der Waals surface area contributed by atoms with Gasteiger partial charge in [0, 0.05) is 10.1 Å². The van der Waals surface area contributed by atoms with Crippen molar-refractivity contribution in [2.45, 2.75) is 35.8 Å². The van der Waals surface area contributed by atoms with Crippen LogP contribution in [0.2, 0.25) is 0 Å². The summed E-state index contributed by atoms with van der Waals surface area (Å²) < 4.78 is 0. The molecule has 2 aliphatic carbocycles. The van der Waals surface area contributed by atoms with Gasteiger partial charge in [0.05, 0.1) is 0 Å². The molecule has 0 spiro atoms. The van der Waals surface area contributed by atoms with Crippen LogP contribution in [0.15, 0.2) is 35.2 Å². The lowest BCUT2D eigenvalue weighted by molar-refractivity contribution is 0.492. The molecule has 0 saturated heterocycles. The lowest BCUT2D eigenvalue weighted by Gasteiger charge is -2.20. The first kappa shape index (κ1) is 8.84. The Bertz CT molecular complexity index is 306. The second-order valence-corrected chi connectivity index (χ2v) is 5.96. The van der Waals surface area contributed by atoms with E-state index in [-0.39, 0.29) is 0 Å². The molecule has 3 atom stereocenters. The standard InChI is InChI=1S/C13H16S/c1-2-4-12(5-3-1)14-13-9-10-6-7-11(13)8-10/h1-5,10-11,13H,6-9H2. The summed E-state index contributed by atoms with van der Waals surface area (Å²) in [7, 11) is 0. The maximum Gasteiger partial charge on any atom is 0.0125 e. The van der Waals surface area contributed by atoms with Crippen LogP contribution in [-0.4, -0.2) is 5.25 Å². The van der Waals surface area contributed by atoms with Crippen molar-refractivity contribution in [3.8, 4) is 0 Å². The number of thioether (sulfide) groups is 1. The van der Waals surface area contributed by atoms with Crippen molar-refractivity contribution in [1.82, 2.24) is 0 Å². The summed E-state index contributed by atoms with van der Waals surface area (Å²) in [6.45, 7) is 0. The van der Waals surface area contributed by atoms with E-state index in [0.29, 0.717) is 0 Å². The van der Waals surface area contributed by atoms with Crippen LogP contribution in [-0.2, 0) is 0 Å². The molecular weight excluding hydrogens is 188 g/mol. The van der Waals surface area contributed by atoms with Crippen LogP contribution in [0.4, 0.5) is 0 Å². The van der Waals surface area contributed by atoms with Crippen molar-refractivity contribution < 1.29 is 0 Å². The summed E-state index contributed by atoms with van der Waals surface area (Å²) in [5.41, 5.74) is 0. The Kier molecular flexibility index (Phi) is 2.28. The van der Waals surface area contributed by atoms with Gasteiger partial charge in [-0.25, -0.2) is 0 Å². The van der Waals surface area contributed by atoms with E-state index in [1.807, 2.05) is 0 Å². The third-order valence-electron chi connectivity index (χ3n) is 3.70. The molecule has 2 fully saturated rings. The Morgan fingerprint density at radius 1 is 1.00 bits per heavy atom. The van der Waals surface area contributed by atoms with Gasteiger partial charge in [-0.05, 0) is 43.2 Å². The van der Waals surface area contributed by atoms with E-state index in [0.717, 1.165) is 17.1 Å². The molecule has 2 saturated carbocycles. The van der Waals surface area contributed by atoms with Crippen LogP contribution < -0.4 is 0 Å². The van der Waals surface area contributed by atoms with Crippen LogP contribution in [0.25, 0.3) is 0 Å². The Balaban J connectivity index is 1.69. The Hall–Kier alpha value is -0.430. The maximum absolute atomic E-state index is 2.25. The molecule has 74 valence electrons. The molecule has 0 aliphatic heterocycles. The molecule has 0 amide bonds. The van der Waals surface area contributed by atoms with Crippen molar-refractivity contribution in [3.63, 3.8) is 0 Å². The molecule has 1 heteroatoms. The van der Waals surface area contributed by atoms with Crippen LogP contribution in [0, 0.1) is 11.8 Å².